The Morgan fingerprint density at radius 3 is 1.51 bits per heavy atom. The molecular weight excluding hydrogens is 472 g/mol. The van der Waals surface area contributed by atoms with Gasteiger partial charge in [0, 0.05) is 51.8 Å². The van der Waals surface area contributed by atoms with E-state index in [1.807, 2.05) is 24.3 Å². The first-order chi connectivity index (χ1) is 17.1. The van der Waals surface area contributed by atoms with Crippen LogP contribution in [0, 0.1) is 0 Å². The predicted octanol–water partition coefficient (Wildman–Crippen LogP) is 6.57. The smallest absolute Gasteiger partial charge is 0.161 e. The van der Waals surface area contributed by atoms with Crippen molar-refractivity contribution in [3.8, 4) is 11.5 Å². The minimum Gasteiger partial charge on any atom is -0.472 e. The Kier molecular flexibility index (Phi) is 6.00. The lowest BCUT2D eigenvalue weighted by Gasteiger charge is -2.33. The maximum atomic E-state index is 6.31. The number of para-hydroxylation sites is 2. The Bertz CT molecular complexity index is 1290. The van der Waals surface area contributed by atoms with Gasteiger partial charge in [-0.15, -0.1) is 25.3 Å². The van der Waals surface area contributed by atoms with Crippen LogP contribution in [0.3, 0.4) is 0 Å². The number of anilines is 2. The lowest BCUT2D eigenvalue weighted by Crippen LogP contribution is -2.32. The maximum Gasteiger partial charge on any atom is 0.161 e. The lowest BCUT2D eigenvalue weighted by atomic mass is 9.97. The summed E-state index contributed by atoms with van der Waals surface area (Å²) in [5.41, 5.74) is 7.00. The molecule has 0 aromatic heterocycles. The van der Waals surface area contributed by atoms with Gasteiger partial charge in [-0.2, -0.15) is 0 Å². The van der Waals surface area contributed by atoms with Gasteiger partial charge in [0.05, 0.1) is 0 Å². The first kappa shape index (κ1) is 22.3. The summed E-state index contributed by atoms with van der Waals surface area (Å²) in [6, 6.07) is 29.3. The summed E-state index contributed by atoms with van der Waals surface area (Å²) in [6.07, 6.45) is 0.768. The highest BCUT2D eigenvalue weighted by Gasteiger charge is 2.24. The second kappa shape index (κ2) is 9.44. The predicted molar refractivity (Wildman–Crippen MR) is 146 cm³/mol. The Morgan fingerprint density at radius 2 is 1.06 bits per heavy atom. The fraction of sp³-hybridized carbons (Fsp3) is 0.172. The van der Waals surface area contributed by atoms with Gasteiger partial charge in [0.15, 0.2) is 13.5 Å². The van der Waals surface area contributed by atoms with E-state index in [0.717, 1.165) is 52.2 Å². The van der Waals surface area contributed by atoms with Crippen LogP contribution in [0.1, 0.15) is 22.3 Å². The third-order valence-corrected chi connectivity index (χ3v) is 7.14. The molecule has 0 spiro atoms. The Morgan fingerprint density at radius 1 is 0.600 bits per heavy atom. The van der Waals surface area contributed by atoms with Gasteiger partial charge in [-0.25, -0.2) is 0 Å². The molecule has 0 radical (unpaired) electrons. The van der Waals surface area contributed by atoms with E-state index in [0.29, 0.717) is 13.5 Å². The van der Waals surface area contributed by atoms with Crippen LogP contribution >= 0.6 is 25.3 Å². The molecule has 6 rings (SSSR count). The number of thiol groups is 2. The average molecular weight is 499 g/mol. The minimum absolute atomic E-state index is 0.518. The summed E-state index contributed by atoms with van der Waals surface area (Å²) < 4.78 is 12.6. The topological polar surface area (TPSA) is 24.9 Å². The SMILES string of the molecule is Sc1cccc(N2COc3c(Cc4cccc5c4OCN(c4cccc(S)c4)C5)cccc3C2)c1. The third-order valence-electron chi connectivity index (χ3n) is 6.58. The molecule has 0 amide bonds. The van der Waals surface area contributed by atoms with E-state index in [-0.39, 0.29) is 0 Å². The van der Waals surface area contributed by atoms with Gasteiger partial charge in [0.25, 0.3) is 0 Å². The highest BCUT2D eigenvalue weighted by molar-refractivity contribution is 7.80. The van der Waals surface area contributed by atoms with Gasteiger partial charge in [-0.3, -0.25) is 0 Å². The molecule has 0 saturated carbocycles. The molecule has 0 bridgehead atoms. The quantitative estimate of drug-likeness (QED) is 0.311. The summed E-state index contributed by atoms with van der Waals surface area (Å²) >= 11 is 8.97. The van der Waals surface area contributed by atoms with Crippen LogP contribution in [0.15, 0.2) is 94.7 Å². The summed E-state index contributed by atoms with van der Waals surface area (Å²) in [7, 11) is 0. The monoisotopic (exact) mass is 498 g/mol. The fourth-order valence-corrected chi connectivity index (χ4v) is 5.31. The Balaban J connectivity index is 1.24. The molecule has 0 aliphatic carbocycles. The molecular formula is C29H26N2O2S2. The van der Waals surface area contributed by atoms with Gasteiger partial charge < -0.3 is 19.3 Å². The number of fused-ring (bicyclic) bond motifs is 2. The molecule has 0 fully saturated rings. The summed E-state index contributed by atoms with van der Waals surface area (Å²) in [4.78, 5) is 6.36. The number of nitrogens with zero attached hydrogens (tertiary/aromatic N) is 2. The van der Waals surface area contributed by atoms with Crippen molar-refractivity contribution >= 4 is 36.6 Å². The molecule has 176 valence electrons. The highest BCUT2D eigenvalue weighted by atomic mass is 32.1. The number of rotatable bonds is 4. The first-order valence-electron chi connectivity index (χ1n) is 11.7. The van der Waals surface area contributed by atoms with Crippen molar-refractivity contribution in [1.82, 2.24) is 0 Å². The molecule has 4 aromatic carbocycles. The van der Waals surface area contributed by atoms with E-state index in [1.54, 1.807) is 0 Å². The van der Waals surface area contributed by atoms with E-state index in [4.69, 9.17) is 9.47 Å². The van der Waals surface area contributed by atoms with Gasteiger partial charge in [0.2, 0.25) is 0 Å². The molecule has 0 N–H and O–H groups in total. The largest absolute Gasteiger partial charge is 0.472 e. The van der Waals surface area contributed by atoms with Crippen molar-refractivity contribution in [2.75, 3.05) is 23.3 Å². The van der Waals surface area contributed by atoms with Crippen LogP contribution in [-0.4, -0.2) is 13.5 Å². The molecule has 4 nitrogen and oxygen atoms in total. The Hall–Kier alpha value is -3.22. The van der Waals surface area contributed by atoms with E-state index in [1.165, 1.54) is 22.3 Å². The van der Waals surface area contributed by atoms with E-state index in [9.17, 15) is 0 Å². The molecule has 35 heavy (non-hydrogen) atoms. The third kappa shape index (κ3) is 4.56. The van der Waals surface area contributed by atoms with E-state index >= 15 is 0 Å². The number of ether oxygens (including phenoxy) is 2. The zero-order valence-electron chi connectivity index (χ0n) is 19.2. The van der Waals surface area contributed by atoms with Crippen LogP contribution < -0.4 is 19.3 Å². The second-order valence-corrected chi connectivity index (χ2v) is 10.0. The van der Waals surface area contributed by atoms with E-state index < -0.39 is 0 Å². The zero-order valence-corrected chi connectivity index (χ0v) is 21.0. The number of hydrogen-bond acceptors (Lipinski definition) is 6. The molecule has 0 atom stereocenters. The molecule has 2 heterocycles. The van der Waals surface area contributed by atoms with Crippen molar-refractivity contribution in [1.29, 1.82) is 0 Å². The van der Waals surface area contributed by atoms with Gasteiger partial charge in [-0.05, 0) is 47.5 Å². The standard InChI is InChI=1S/C29H26N2O2S2/c34-26-11-3-9-24(14-26)30-16-22-7-1-5-20(28(22)32-18-30)13-21-6-2-8-23-17-31(19-33-29(21)23)25-10-4-12-27(35)15-25/h1-12,14-15,34-35H,13,16-19H2. The van der Waals surface area contributed by atoms with Crippen LogP contribution in [0.25, 0.3) is 0 Å². The highest BCUT2D eigenvalue weighted by Crippen LogP contribution is 2.37. The normalized spacial score (nSPS) is 14.6. The molecule has 0 saturated heterocycles. The van der Waals surface area contributed by atoms with Gasteiger partial charge in [-0.1, -0.05) is 48.5 Å². The fourth-order valence-electron chi connectivity index (χ4n) is 4.88. The maximum absolute atomic E-state index is 6.31. The number of hydrogen-bond donors (Lipinski definition) is 2. The van der Waals surface area contributed by atoms with Crippen molar-refractivity contribution in [3.05, 3.63) is 107 Å². The summed E-state index contributed by atoms with van der Waals surface area (Å²) in [6.45, 7) is 2.65. The van der Waals surface area contributed by atoms with Crippen molar-refractivity contribution in [3.63, 3.8) is 0 Å². The van der Waals surface area contributed by atoms with Crippen LogP contribution in [-0.2, 0) is 19.5 Å². The zero-order chi connectivity index (χ0) is 23.8. The molecule has 6 heteroatoms. The molecule has 4 aromatic rings. The van der Waals surface area contributed by atoms with Crippen molar-refractivity contribution in [2.45, 2.75) is 29.3 Å². The van der Waals surface area contributed by atoms with Gasteiger partial charge >= 0.3 is 0 Å². The minimum atomic E-state index is 0.518. The average Bonchev–Trinajstić information content (AvgIpc) is 2.88. The molecule has 2 aliphatic rings. The lowest BCUT2D eigenvalue weighted by molar-refractivity contribution is 0.283. The van der Waals surface area contributed by atoms with Crippen molar-refractivity contribution in [2.24, 2.45) is 0 Å². The van der Waals surface area contributed by atoms with E-state index in [2.05, 4.69) is 95.7 Å². The van der Waals surface area contributed by atoms with Crippen LogP contribution in [0.4, 0.5) is 11.4 Å². The summed E-state index contributed by atoms with van der Waals surface area (Å²) in [5, 5.41) is 0. The number of benzene rings is 4. The van der Waals surface area contributed by atoms with Gasteiger partial charge in [0.1, 0.15) is 11.5 Å². The molecule has 0 unspecified atom stereocenters. The Labute approximate surface area is 216 Å². The van der Waals surface area contributed by atoms with Crippen LogP contribution in [0.5, 0.6) is 11.5 Å². The van der Waals surface area contributed by atoms with Crippen molar-refractivity contribution < 1.29 is 9.47 Å². The second-order valence-electron chi connectivity index (χ2n) is 8.97. The molecule has 2 aliphatic heterocycles. The summed E-state index contributed by atoms with van der Waals surface area (Å²) in [5.74, 6) is 1.98. The van der Waals surface area contributed by atoms with Crippen LogP contribution in [0.2, 0.25) is 0 Å². The first-order valence-corrected chi connectivity index (χ1v) is 12.6.